The fourth-order valence-corrected chi connectivity index (χ4v) is 1.69. The van der Waals surface area contributed by atoms with E-state index in [4.69, 9.17) is 4.74 Å². The summed E-state index contributed by atoms with van der Waals surface area (Å²) in [6.07, 6.45) is 0.404. The molecule has 68 valence electrons. The molecular weight excluding hydrogens is 234 g/mol. The van der Waals surface area contributed by atoms with E-state index in [9.17, 15) is 4.79 Å². The van der Waals surface area contributed by atoms with Gasteiger partial charge < -0.3 is 10.1 Å². The fourth-order valence-electron chi connectivity index (χ4n) is 1.21. The molecule has 1 aliphatic heterocycles. The van der Waals surface area contributed by atoms with Crippen molar-refractivity contribution in [3.05, 3.63) is 22.7 Å². The Morgan fingerprint density at radius 3 is 3.15 bits per heavy atom. The van der Waals surface area contributed by atoms with Gasteiger partial charge in [0.15, 0.2) is 5.75 Å². The van der Waals surface area contributed by atoms with Crippen molar-refractivity contribution in [3.8, 4) is 5.75 Å². The van der Waals surface area contributed by atoms with Crippen molar-refractivity contribution in [2.75, 3.05) is 11.9 Å². The predicted molar refractivity (Wildman–Crippen MR) is 52.9 cm³/mol. The van der Waals surface area contributed by atoms with Crippen molar-refractivity contribution in [3.63, 3.8) is 0 Å². The van der Waals surface area contributed by atoms with Gasteiger partial charge in [-0.1, -0.05) is 6.07 Å². The van der Waals surface area contributed by atoms with Crippen LogP contribution in [0.2, 0.25) is 0 Å². The normalized spacial score (nSPS) is 15.3. The van der Waals surface area contributed by atoms with E-state index in [0.717, 1.165) is 10.2 Å². The molecule has 0 radical (unpaired) electrons. The molecule has 0 aromatic heterocycles. The highest BCUT2D eigenvalue weighted by Crippen LogP contribution is 2.34. The summed E-state index contributed by atoms with van der Waals surface area (Å²) in [5, 5.41) is 2.77. The van der Waals surface area contributed by atoms with E-state index in [1.807, 2.05) is 18.2 Å². The number of anilines is 1. The third-order valence-corrected chi connectivity index (χ3v) is 2.44. The standard InChI is InChI=1S/C9H8BrNO2/c10-6-2-1-3-7-9(6)13-5-4-8(12)11-7/h1-3H,4-5H2,(H,11,12). The first-order valence-corrected chi connectivity index (χ1v) is 4.78. The quantitative estimate of drug-likeness (QED) is 0.757. The molecule has 0 saturated carbocycles. The largest absolute Gasteiger partial charge is 0.490 e. The summed E-state index contributed by atoms with van der Waals surface area (Å²) < 4.78 is 6.29. The number of ether oxygens (including phenoxy) is 1. The molecule has 1 N–H and O–H groups in total. The van der Waals surface area contributed by atoms with Crippen LogP contribution in [-0.4, -0.2) is 12.5 Å². The molecule has 0 fully saturated rings. The van der Waals surface area contributed by atoms with E-state index in [0.29, 0.717) is 18.8 Å². The van der Waals surface area contributed by atoms with Gasteiger partial charge >= 0.3 is 0 Å². The van der Waals surface area contributed by atoms with Crippen LogP contribution < -0.4 is 10.1 Å². The van der Waals surface area contributed by atoms with Crippen molar-refractivity contribution in [1.82, 2.24) is 0 Å². The highest BCUT2D eigenvalue weighted by Gasteiger charge is 2.15. The van der Waals surface area contributed by atoms with Crippen LogP contribution in [0.4, 0.5) is 5.69 Å². The predicted octanol–water partition coefficient (Wildman–Crippen LogP) is 2.17. The number of benzene rings is 1. The van der Waals surface area contributed by atoms with E-state index in [1.54, 1.807) is 0 Å². The molecule has 1 heterocycles. The number of rotatable bonds is 0. The molecule has 0 unspecified atom stereocenters. The lowest BCUT2D eigenvalue weighted by Gasteiger charge is -2.07. The minimum absolute atomic E-state index is 0.00292. The molecule has 0 saturated heterocycles. The topological polar surface area (TPSA) is 38.3 Å². The van der Waals surface area contributed by atoms with Gasteiger partial charge in [-0.3, -0.25) is 4.79 Å². The molecule has 1 amide bonds. The zero-order chi connectivity index (χ0) is 9.26. The van der Waals surface area contributed by atoms with E-state index in [2.05, 4.69) is 21.2 Å². The Hall–Kier alpha value is -1.03. The van der Waals surface area contributed by atoms with Gasteiger partial charge in [0.25, 0.3) is 0 Å². The number of carbonyl (C=O) groups excluding carboxylic acids is 1. The van der Waals surface area contributed by atoms with Crippen LogP contribution >= 0.6 is 15.9 Å². The van der Waals surface area contributed by atoms with Gasteiger partial charge in [0.2, 0.25) is 5.91 Å². The first kappa shape index (κ1) is 8.56. The van der Waals surface area contributed by atoms with Crippen LogP contribution in [0, 0.1) is 0 Å². The molecule has 0 atom stereocenters. The second-order valence-corrected chi connectivity index (χ2v) is 3.62. The van der Waals surface area contributed by atoms with Gasteiger partial charge in [0, 0.05) is 0 Å². The Bertz CT molecular complexity index is 351. The highest BCUT2D eigenvalue weighted by atomic mass is 79.9. The molecule has 1 aliphatic rings. The number of halogens is 1. The Labute approximate surface area is 84.2 Å². The van der Waals surface area contributed by atoms with Gasteiger partial charge in [-0.05, 0) is 28.1 Å². The maximum Gasteiger partial charge on any atom is 0.227 e. The molecule has 4 heteroatoms. The van der Waals surface area contributed by atoms with Crippen molar-refractivity contribution in [2.45, 2.75) is 6.42 Å². The van der Waals surface area contributed by atoms with Crippen molar-refractivity contribution < 1.29 is 9.53 Å². The summed E-state index contributed by atoms with van der Waals surface area (Å²) >= 11 is 3.36. The van der Waals surface area contributed by atoms with E-state index >= 15 is 0 Å². The number of amides is 1. The molecule has 0 bridgehead atoms. The number of para-hydroxylation sites is 1. The molecule has 1 aromatic rings. The lowest BCUT2D eigenvalue weighted by Crippen LogP contribution is -2.10. The third kappa shape index (κ3) is 1.67. The molecular formula is C9H8BrNO2. The molecule has 3 nitrogen and oxygen atoms in total. The molecule has 13 heavy (non-hydrogen) atoms. The Kier molecular flexibility index (Phi) is 2.22. The Balaban J connectivity index is 2.45. The first-order chi connectivity index (χ1) is 6.27. The van der Waals surface area contributed by atoms with Gasteiger partial charge in [0.1, 0.15) is 0 Å². The molecule has 0 spiro atoms. The third-order valence-electron chi connectivity index (χ3n) is 1.82. The van der Waals surface area contributed by atoms with Crippen molar-refractivity contribution in [1.29, 1.82) is 0 Å². The van der Waals surface area contributed by atoms with E-state index < -0.39 is 0 Å². The number of hydrogen-bond donors (Lipinski definition) is 1. The van der Waals surface area contributed by atoms with Crippen LogP contribution in [0.15, 0.2) is 22.7 Å². The minimum Gasteiger partial charge on any atom is -0.490 e. The van der Waals surface area contributed by atoms with E-state index in [-0.39, 0.29) is 5.91 Å². The average molecular weight is 242 g/mol. The summed E-state index contributed by atoms with van der Waals surface area (Å²) in [4.78, 5) is 11.2. The van der Waals surface area contributed by atoms with Crippen LogP contribution in [0.1, 0.15) is 6.42 Å². The average Bonchev–Trinajstić information content (AvgIpc) is 2.27. The van der Waals surface area contributed by atoms with Crippen LogP contribution in [-0.2, 0) is 4.79 Å². The second-order valence-electron chi connectivity index (χ2n) is 2.76. The van der Waals surface area contributed by atoms with Gasteiger partial charge in [-0.2, -0.15) is 0 Å². The maximum absolute atomic E-state index is 11.2. The summed E-state index contributed by atoms with van der Waals surface area (Å²) in [7, 11) is 0. The second kappa shape index (κ2) is 3.38. The minimum atomic E-state index is -0.00292. The smallest absolute Gasteiger partial charge is 0.227 e. The maximum atomic E-state index is 11.2. The van der Waals surface area contributed by atoms with Crippen molar-refractivity contribution in [2.24, 2.45) is 0 Å². The summed E-state index contributed by atoms with van der Waals surface area (Å²) in [6.45, 7) is 0.432. The number of carbonyl (C=O) groups is 1. The van der Waals surface area contributed by atoms with E-state index in [1.165, 1.54) is 0 Å². The monoisotopic (exact) mass is 241 g/mol. The number of fused-ring (bicyclic) bond motifs is 1. The molecule has 0 aliphatic carbocycles. The fraction of sp³-hybridized carbons (Fsp3) is 0.222. The Morgan fingerprint density at radius 1 is 1.46 bits per heavy atom. The van der Waals surface area contributed by atoms with Crippen LogP contribution in [0.25, 0.3) is 0 Å². The summed E-state index contributed by atoms with van der Waals surface area (Å²) in [6, 6.07) is 5.57. The lowest BCUT2D eigenvalue weighted by molar-refractivity contribution is -0.116. The van der Waals surface area contributed by atoms with Crippen LogP contribution in [0.5, 0.6) is 5.75 Å². The van der Waals surface area contributed by atoms with Crippen molar-refractivity contribution >= 4 is 27.5 Å². The zero-order valence-electron chi connectivity index (χ0n) is 6.84. The Morgan fingerprint density at radius 2 is 2.31 bits per heavy atom. The SMILES string of the molecule is O=C1CCOc2c(Br)cccc2N1. The van der Waals surface area contributed by atoms with Crippen LogP contribution in [0.3, 0.4) is 0 Å². The number of hydrogen-bond acceptors (Lipinski definition) is 2. The zero-order valence-corrected chi connectivity index (χ0v) is 8.43. The summed E-state index contributed by atoms with van der Waals surface area (Å²) in [5.41, 5.74) is 0.733. The lowest BCUT2D eigenvalue weighted by atomic mass is 10.3. The van der Waals surface area contributed by atoms with Gasteiger partial charge in [0.05, 0.1) is 23.2 Å². The summed E-state index contributed by atoms with van der Waals surface area (Å²) in [5.74, 6) is 0.713. The number of nitrogens with one attached hydrogen (secondary N) is 1. The molecule has 1 aromatic carbocycles. The van der Waals surface area contributed by atoms with Gasteiger partial charge in [-0.25, -0.2) is 0 Å². The van der Waals surface area contributed by atoms with Gasteiger partial charge in [-0.15, -0.1) is 0 Å². The first-order valence-electron chi connectivity index (χ1n) is 3.98. The molecule has 2 rings (SSSR count). The highest BCUT2D eigenvalue weighted by molar-refractivity contribution is 9.10.